The number of thiocarbonyl (C=S) groups is 1. The monoisotopic (exact) mass is 366 g/mol. The highest BCUT2D eigenvalue weighted by atomic mass is 32.1. The van der Waals surface area contributed by atoms with Crippen LogP contribution in [0.15, 0.2) is 30.3 Å². The molecule has 0 radical (unpaired) electrons. The van der Waals surface area contributed by atoms with Crippen molar-refractivity contribution in [2.45, 2.75) is 37.8 Å². The molecule has 1 aromatic rings. The molecule has 1 aliphatic carbocycles. The van der Waals surface area contributed by atoms with Crippen molar-refractivity contribution < 1.29 is 4.52 Å². The minimum atomic E-state index is -0.634. The van der Waals surface area contributed by atoms with Crippen molar-refractivity contribution in [3.05, 3.63) is 30.3 Å². The van der Waals surface area contributed by atoms with E-state index in [2.05, 4.69) is 34.1 Å². The number of rotatable bonds is 5. The van der Waals surface area contributed by atoms with Gasteiger partial charge < -0.3 is 15.2 Å². The quantitative estimate of drug-likeness (QED) is 0.473. The normalized spacial score (nSPS) is 27.7. The average Bonchev–Trinajstić information content (AvgIpc) is 2.84. The zero-order valence-corrected chi connectivity index (χ0v) is 16.2. The van der Waals surface area contributed by atoms with Gasteiger partial charge in [0, 0.05) is 24.3 Å². The van der Waals surface area contributed by atoms with Crippen LogP contribution in [-0.2, 0) is 4.52 Å². The molecule has 2 atom stereocenters. The van der Waals surface area contributed by atoms with Gasteiger partial charge in [-0.05, 0) is 51.3 Å². The van der Waals surface area contributed by atoms with Crippen molar-refractivity contribution in [1.29, 1.82) is 0 Å². The van der Waals surface area contributed by atoms with Crippen LogP contribution in [0.1, 0.15) is 25.7 Å². The van der Waals surface area contributed by atoms with Crippen LogP contribution in [0.25, 0.3) is 0 Å². The van der Waals surface area contributed by atoms with Gasteiger partial charge in [-0.3, -0.25) is 0 Å². The third-order valence-electron chi connectivity index (χ3n) is 4.82. The van der Waals surface area contributed by atoms with E-state index in [9.17, 15) is 0 Å². The van der Waals surface area contributed by atoms with Gasteiger partial charge >= 0.3 is 0 Å². The predicted molar refractivity (Wildman–Crippen MR) is 105 cm³/mol. The number of hydrogen-bond donors (Lipinski definition) is 2. The summed E-state index contributed by atoms with van der Waals surface area (Å²) >= 11 is 5.32. The van der Waals surface area contributed by atoms with Crippen LogP contribution in [0.3, 0.4) is 0 Å². The summed E-state index contributed by atoms with van der Waals surface area (Å²) in [5.74, 6) is 0. The Labute approximate surface area is 151 Å². The Kier molecular flexibility index (Phi) is 6.42. The minimum Gasteiger partial charge on any atom is -0.360 e. The lowest BCUT2D eigenvalue weighted by atomic mass is 9.91. The fraction of sp³-hybridized carbons (Fsp3) is 0.588. The third kappa shape index (κ3) is 4.24. The molecule has 3 rings (SSSR count). The van der Waals surface area contributed by atoms with Crippen molar-refractivity contribution in [1.82, 2.24) is 14.7 Å². The van der Waals surface area contributed by atoms with Gasteiger partial charge in [0.1, 0.15) is 0 Å². The molecule has 1 heterocycles. The predicted octanol–water partition coefficient (Wildman–Crippen LogP) is 3.40. The molecule has 2 aliphatic rings. The van der Waals surface area contributed by atoms with E-state index in [1.807, 2.05) is 30.3 Å². The second-order valence-corrected chi connectivity index (χ2v) is 8.83. The summed E-state index contributed by atoms with van der Waals surface area (Å²) < 4.78 is 11.1. The van der Waals surface area contributed by atoms with E-state index in [-0.39, 0.29) is 0 Å². The smallest absolute Gasteiger partial charge is 0.188 e. The maximum atomic E-state index is 6.19. The van der Waals surface area contributed by atoms with E-state index in [0.717, 1.165) is 5.69 Å². The fourth-order valence-corrected chi connectivity index (χ4v) is 5.94. The molecule has 24 heavy (non-hydrogen) atoms. The van der Waals surface area contributed by atoms with Gasteiger partial charge in [0.2, 0.25) is 0 Å². The maximum absolute atomic E-state index is 6.19. The lowest BCUT2D eigenvalue weighted by Crippen LogP contribution is -2.37. The molecule has 2 N–H and O–H groups in total. The van der Waals surface area contributed by atoms with Crippen LogP contribution < -0.4 is 10.6 Å². The molecule has 5 nitrogen and oxygen atoms in total. The van der Waals surface area contributed by atoms with Gasteiger partial charge in [0.15, 0.2) is 13.6 Å². The Balaban J connectivity index is 1.39. The van der Waals surface area contributed by atoms with Crippen molar-refractivity contribution in [2.75, 3.05) is 32.6 Å². The van der Waals surface area contributed by atoms with E-state index >= 15 is 0 Å². The van der Waals surface area contributed by atoms with Gasteiger partial charge in [-0.25, -0.2) is 9.34 Å². The number of para-hydroxylation sites is 1. The number of nitrogens with one attached hydrogen (secondary N) is 2. The van der Waals surface area contributed by atoms with Gasteiger partial charge in [-0.15, -0.1) is 0 Å². The number of fused-ring (bicyclic) bond motifs is 1. The van der Waals surface area contributed by atoms with E-state index in [4.69, 9.17) is 16.7 Å². The molecule has 1 aliphatic heterocycles. The van der Waals surface area contributed by atoms with Crippen molar-refractivity contribution in [3.8, 4) is 0 Å². The summed E-state index contributed by atoms with van der Waals surface area (Å²) in [4.78, 5) is 0. The molecular weight excluding hydrogens is 339 g/mol. The van der Waals surface area contributed by atoms with Crippen LogP contribution in [0.2, 0.25) is 0 Å². The first kappa shape index (κ1) is 18.0. The topological polar surface area (TPSA) is 39.8 Å². The Morgan fingerprint density at radius 3 is 2.42 bits per heavy atom. The molecule has 1 aromatic carbocycles. The number of nitrogens with zero attached hydrogens (tertiary/aromatic N) is 2. The van der Waals surface area contributed by atoms with Gasteiger partial charge in [0.05, 0.1) is 6.61 Å². The lowest BCUT2D eigenvalue weighted by molar-refractivity contribution is 0.233. The van der Waals surface area contributed by atoms with Gasteiger partial charge in [-0.2, -0.15) is 0 Å². The summed E-state index contributed by atoms with van der Waals surface area (Å²) in [6.07, 6.45) is 5.31. The van der Waals surface area contributed by atoms with Crippen LogP contribution in [-0.4, -0.2) is 53.8 Å². The molecule has 0 bridgehead atoms. The first-order valence-corrected chi connectivity index (χ1v) is 10.2. The summed E-state index contributed by atoms with van der Waals surface area (Å²) in [6.45, 7) is 1.38. The SMILES string of the molecule is CN1C2CCCCC2N(C)P1OCCNC(=S)Nc1ccccc1. The highest BCUT2D eigenvalue weighted by Gasteiger charge is 2.45. The third-order valence-corrected chi connectivity index (χ3v) is 7.15. The van der Waals surface area contributed by atoms with E-state index < -0.39 is 8.45 Å². The molecule has 132 valence electrons. The van der Waals surface area contributed by atoms with Crippen molar-refractivity contribution >= 4 is 31.5 Å². The van der Waals surface area contributed by atoms with Gasteiger partial charge in [-0.1, -0.05) is 31.0 Å². The van der Waals surface area contributed by atoms with Crippen molar-refractivity contribution in [3.63, 3.8) is 0 Å². The zero-order chi connectivity index (χ0) is 16.9. The van der Waals surface area contributed by atoms with Crippen LogP contribution >= 0.6 is 20.7 Å². The molecule has 2 unspecified atom stereocenters. The molecule has 7 heteroatoms. The molecule has 1 saturated heterocycles. The first-order chi connectivity index (χ1) is 11.7. The number of likely N-dealkylation sites (N-methyl/N-ethyl adjacent to an activating group) is 2. The van der Waals surface area contributed by atoms with E-state index in [1.165, 1.54) is 25.7 Å². The fourth-order valence-electron chi connectivity index (χ4n) is 3.61. The molecule has 0 aromatic heterocycles. The van der Waals surface area contributed by atoms with Crippen molar-refractivity contribution in [2.24, 2.45) is 0 Å². The Morgan fingerprint density at radius 1 is 1.17 bits per heavy atom. The highest BCUT2D eigenvalue weighted by molar-refractivity contribution is 7.80. The Bertz CT molecular complexity index is 529. The lowest BCUT2D eigenvalue weighted by Gasteiger charge is -2.28. The number of benzene rings is 1. The van der Waals surface area contributed by atoms with Crippen LogP contribution in [0, 0.1) is 0 Å². The average molecular weight is 366 g/mol. The molecular formula is C17H27N4OPS. The molecule has 1 saturated carbocycles. The van der Waals surface area contributed by atoms with E-state index in [0.29, 0.717) is 30.3 Å². The second-order valence-electron chi connectivity index (χ2n) is 6.40. The maximum Gasteiger partial charge on any atom is 0.188 e. The highest BCUT2D eigenvalue weighted by Crippen LogP contribution is 2.55. The summed E-state index contributed by atoms with van der Waals surface area (Å²) in [7, 11) is 3.80. The zero-order valence-electron chi connectivity index (χ0n) is 14.4. The number of hydrogen-bond acceptors (Lipinski definition) is 4. The second kappa shape index (κ2) is 8.54. The van der Waals surface area contributed by atoms with E-state index in [1.54, 1.807) is 0 Å². The molecule has 0 spiro atoms. The molecule has 0 amide bonds. The summed E-state index contributed by atoms with van der Waals surface area (Å²) in [6, 6.07) is 11.3. The Morgan fingerprint density at radius 2 is 1.79 bits per heavy atom. The van der Waals surface area contributed by atoms with Crippen LogP contribution in [0.4, 0.5) is 5.69 Å². The van der Waals surface area contributed by atoms with Crippen LogP contribution in [0.5, 0.6) is 0 Å². The largest absolute Gasteiger partial charge is 0.360 e. The summed E-state index contributed by atoms with van der Waals surface area (Å²) in [5.41, 5.74) is 1.000. The Hall–Kier alpha value is -0.780. The summed E-state index contributed by atoms with van der Waals surface area (Å²) in [5, 5.41) is 7.03. The van der Waals surface area contributed by atoms with Gasteiger partial charge in [0.25, 0.3) is 0 Å². The minimum absolute atomic E-state index is 0.634. The standard InChI is InChI=1S/C17H27N4OPS/c1-20-15-10-6-7-11-16(15)21(2)23(20)22-13-12-18-17(24)19-14-8-4-3-5-9-14/h3-5,8-9,15-16H,6-7,10-13H2,1-2H3,(H2,18,19,24). The first-order valence-electron chi connectivity index (χ1n) is 8.65. The number of anilines is 1. The molecule has 2 fully saturated rings.